The van der Waals surface area contributed by atoms with Crippen molar-refractivity contribution in [3.63, 3.8) is 0 Å². The number of rotatable bonds is 4. The number of nitrogens with two attached hydrogens (primary N) is 1. The van der Waals surface area contributed by atoms with E-state index in [-0.39, 0.29) is 5.54 Å². The highest BCUT2D eigenvalue weighted by molar-refractivity contribution is 5.74. The van der Waals surface area contributed by atoms with E-state index in [1.807, 2.05) is 24.5 Å². The lowest BCUT2D eigenvalue weighted by atomic mass is 9.77. The summed E-state index contributed by atoms with van der Waals surface area (Å²) >= 11 is 0. The summed E-state index contributed by atoms with van der Waals surface area (Å²) in [7, 11) is 0. The van der Waals surface area contributed by atoms with Crippen molar-refractivity contribution in [1.82, 2.24) is 19.7 Å². The lowest BCUT2D eigenvalue weighted by Gasteiger charge is -2.34. The predicted molar refractivity (Wildman–Crippen MR) is 77.5 cm³/mol. The molecule has 0 amide bonds. The van der Waals surface area contributed by atoms with Crippen molar-refractivity contribution in [2.75, 3.05) is 0 Å². The number of imidazole rings is 1. The van der Waals surface area contributed by atoms with Crippen molar-refractivity contribution in [3.8, 4) is 0 Å². The van der Waals surface area contributed by atoms with Crippen LogP contribution in [0.15, 0.2) is 35.1 Å². The van der Waals surface area contributed by atoms with Crippen molar-refractivity contribution in [2.45, 2.75) is 37.8 Å². The molecular formula is C15H17N5O. The lowest BCUT2D eigenvalue weighted by Crippen LogP contribution is -2.44. The molecule has 0 aliphatic heterocycles. The van der Waals surface area contributed by atoms with Crippen LogP contribution >= 0.6 is 0 Å². The molecule has 0 atom stereocenters. The van der Waals surface area contributed by atoms with E-state index in [1.54, 1.807) is 0 Å². The van der Waals surface area contributed by atoms with Gasteiger partial charge in [0, 0.05) is 13.0 Å². The van der Waals surface area contributed by atoms with Gasteiger partial charge in [-0.25, -0.2) is 4.98 Å². The van der Waals surface area contributed by atoms with E-state index in [2.05, 4.69) is 25.8 Å². The third-order valence-corrected chi connectivity index (χ3v) is 4.25. The van der Waals surface area contributed by atoms with Gasteiger partial charge in [-0.3, -0.25) is 0 Å². The Morgan fingerprint density at radius 1 is 1.29 bits per heavy atom. The minimum atomic E-state index is -0.358. The molecule has 1 aliphatic rings. The largest absolute Gasteiger partial charge is 0.339 e. The third kappa shape index (κ3) is 2.12. The molecule has 108 valence electrons. The molecular weight excluding hydrogens is 266 g/mol. The van der Waals surface area contributed by atoms with Crippen LogP contribution in [0.4, 0.5) is 0 Å². The SMILES string of the molecule is NC1(c2noc(CCn3cnc4ccccc43)n2)CCC1. The zero-order valence-corrected chi connectivity index (χ0v) is 11.7. The number of benzene rings is 1. The fourth-order valence-electron chi connectivity index (χ4n) is 2.74. The van der Waals surface area contributed by atoms with Gasteiger partial charge in [-0.1, -0.05) is 17.3 Å². The maximum atomic E-state index is 6.20. The van der Waals surface area contributed by atoms with Gasteiger partial charge in [0.15, 0.2) is 5.82 Å². The number of para-hydroxylation sites is 2. The number of fused-ring (bicyclic) bond motifs is 1. The lowest BCUT2D eigenvalue weighted by molar-refractivity contribution is 0.229. The Bertz CT molecular complexity index is 771. The van der Waals surface area contributed by atoms with Crippen LogP contribution in [0.5, 0.6) is 0 Å². The minimum Gasteiger partial charge on any atom is -0.339 e. The number of hydrogen-bond donors (Lipinski definition) is 1. The maximum Gasteiger partial charge on any atom is 0.228 e. The standard InChI is InChI=1S/C15H17N5O/c16-15(7-3-8-15)14-18-13(21-19-14)6-9-20-10-17-11-4-1-2-5-12(11)20/h1-2,4-5,10H,3,6-9,16H2. The second kappa shape index (κ2) is 4.66. The zero-order valence-electron chi connectivity index (χ0n) is 11.7. The van der Waals surface area contributed by atoms with Gasteiger partial charge in [0.2, 0.25) is 5.89 Å². The molecule has 0 unspecified atom stereocenters. The van der Waals surface area contributed by atoms with Gasteiger partial charge in [0.05, 0.1) is 22.9 Å². The summed E-state index contributed by atoms with van der Waals surface area (Å²) in [5.41, 5.74) is 7.96. The molecule has 0 radical (unpaired) electrons. The second-order valence-corrected chi connectivity index (χ2v) is 5.70. The number of aromatic nitrogens is 4. The Balaban J connectivity index is 1.49. The topological polar surface area (TPSA) is 82.8 Å². The number of nitrogens with zero attached hydrogens (tertiary/aromatic N) is 4. The van der Waals surface area contributed by atoms with E-state index < -0.39 is 0 Å². The normalized spacial score (nSPS) is 17.0. The van der Waals surface area contributed by atoms with Crippen molar-refractivity contribution in [1.29, 1.82) is 0 Å². The number of aryl methyl sites for hydroxylation is 2. The van der Waals surface area contributed by atoms with Crippen molar-refractivity contribution in [2.24, 2.45) is 5.73 Å². The van der Waals surface area contributed by atoms with E-state index in [9.17, 15) is 0 Å². The highest BCUT2D eigenvalue weighted by Crippen LogP contribution is 2.36. The van der Waals surface area contributed by atoms with Crippen LogP contribution in [0.2, 0.25) is 0 Å². The van der Waals surface area contributed by atoms with E-state index in [0.29, 0.717) is 18.1 Å². The van der Waals surface area contributed by atoms with E-state index in [1.165, 1.54) is 0 Å². The van der Waals surface area contributed by atoms with Crippen LogP contribution in [-0.4, -0.2) is 19.7 Å². The van der Waals surface area contributed by atoms with Gasteiger partial charge < -0.3 is 14.8 Å². The first-order chi connectivity index (χ1) is 10.2. The van der Waals surface area contributed by atoms with E-state index in [0.717, 1.165) is 36.8 Å². The summed E-state index contributed by atoms with van der Waals surface area (Å²) in [5, 5.41) is 4.04. The minimum absolute atomic E-state index is 0.358. The highest BCUT2D eigenvalue weighted by Gasteiger charge is 2.38. The first-order valence-electron chi connectivity index (χ1n) is 7.26. The predicted octanol–water partition coefficient (Wildman–Crippen LogP) is 2.00. The number of hydrogen-bond acceptors (Lipinski definition) is 5. The smallest absolute Gasteiger partial charge is 0.228 e. The monoisotopic (exact) mass is 283 g/mol. The molecule has 6 heteroatoms. The molecule has 1 aromatic carbocycles. The second-order valence-electron chi connectivity index (χ2n) is 5.70. The van der Waals surface area contributed by atoms with Crippen LogP contribution in [-0.2, 0) is 18.5 Å². The Labute approximate surface area is 122 Å². The van der Waals surface area contributed by atoms with Crippen molar-refractivity contribution < 1.29 is 4.52 Å². The van der Waals surface area contributed by atoms with Crippen molar-refractivity contribution >= 4 is 11.0 Å². The average molecular weight is 283 g/mol. The first kappa shape index (κ1) is 12.5. The molecule has 3 aromatic rings. The highest BCUT2D eigenvalue weighted by atomic mass is 16.5. The quantitative estimate of drug-likeness (QED) is 0.791. The van der Waals surface area contributed by atoms with Gasteiger partial charge in [-0.15, -0.1) is 0 Å². The van der Waals surface area contributed by atoms with Crippen LogP contribution in [0.1, 0.15) is 31.0 Å². The molecule has 4 rings (SSSR count). The van der Waals surface area contributed by atoms with Gasteiger partial charge in [-0.05, 0) is 31.4 Å². The Hall–Kier alpha value is -2.21. The molecule has 0 bridgehead atoms. The van der Waals surface area contributed by atoms with Gasteiger partial charge in [0.25, 0.3) is 0 Å². The summed E-state index contributed by atoms with van der Waals surface area (Å²) in [6, 6.07) is 8.07. The fourth-order valence-corrected chi connectivity index (χ4v) is 2.74. The first-order valence-corrected chi connectivity index (χ1v) is 7.26. The molecule has 21 heavy (non-hydrogen) atoms. The van der Waals surface area contributed by atoms with Gasteiger partial charge >= 0.3 is 0 Å². The summed E-state index contributed by atoms with van der Waals surface area (Å²) < 4.78 is 7.42. The molecule has 2 aromatic heterocycles. The Kier molecular flexibility index (Phi) is 2.78. The zero-order chi connectivity index (χ0) is 14.3. The third-order valence-electron chi connectivity index (χ3n) is 4.25. The average Bonchev–Trinajstić information content (AvgIpc) is 3.10. The molecule has 1 saturated carbocycles. The molecule has 0 spiro atoms. The molecule has 1 fully saturated rings. The molecule has 2 heterocycles. The maximum absolute atomic E-state index is 6.20. The summed E-state index contributed by atoms with van der Waals surface area (Å²) in [6.07, 6.45) is 5.55. The van der Waals surface area contributed by atoms with Gasteiger partial charge in [-0.2, -0.15) is 4.98 Å². The van der Waals surface area contributed by atoms with Crippen LogP contribution in [0, 0.1) is 0 Å². The Morgan fingerprint density at radius 3 is 2.95 bits per heavy atom. The van der Waals surface area contributed by atoms with Crippen LogP contribution in [0.3, 0.4) is 0 Å². The van der Waals surface area contributed by atoms with E-state index in [4.69, 9.17) is 10.3 Å². The van der Waals surface area contributed by atoms with E-state index >= 15 is 0 Å². The molecule has 1 aliphatic carbocycles. The molecule has 2 N–H and O–H groups in total. The van der Waals surface area contributed by atoms with Gasteiger partial charge in [0.1, 0.15) is 0 Å². The van der Waals surface area contributed by atoms with Crippen molar-refractivity contribution in [3.05, 3.63) is 42.3 Å². The summed E-state index contributed by atoms with van der Waals surface area (Å²) in [5.74, 6) is 1.29. The van der Waals surface area contributed by atoms with Crippen LogP contribution < -0.4 is 5.73 Å². The fraction of sp³-hybridized carbons (Fsp3) is 0.400. The summed E-state index contributed by atoms with van der Waals surface area (Å²) in [4.78, 5) is 8.82. The van der Waals surface area contributed by atoms with Crippen LogP contribution in [0.25, 0.3) is 11.0 Å². The summed E-state index contributed by atoms with van der Waals surface area (Å²) in [6.45, 7) is 0.764. The molecule has 6 nitrogen and oxygen atoms in total. The Morgan fingerprint density at radius 2 is 2.14 bits per heavy atom. The molecule has 0 saturated heterocycles.